The largest absolute Gasteiger partial charge is 0.488 e. The zero-order valence-electron chi connectivity index (χ0n) is 16.8. The van der Waals surface area contributed by atoms with Gasteiger partial charge in [0, 0.05) is 22.7 Å². The second kappa shape index (κ2) is 11.3. The predicted octanol–water partition coefficient (Wildman–Crippen LogP) is 5.15. The van der Waals surface area contributed by atoms with Crippen LogP contribution < -0.4 is 14.9 Å². The van der Waals surface area contributed by atoms with Gasteiger partial charge in [-0.25, -0.2) is 9.82 Å². The van der Waals surface area contributed by atoms with Crippen molar-refractivity contribution in [1.29, 1.82) is 0 Å². The number of carbonyl (C=O) groups excluding carboxylic acids is 1. The molecule has 1 amide bonds. The van der Waals surface area contributed by atoms with E-state index in [0.29, 0.717) is 10.6 Å². The van der Waals surface area contributed by atoms with Gasteiger partial charge in [0.2, 0.25) is 0 Å². The van der Waals surface area contributed by atoms with Gasteiger partial charge in [0.15, 0.2) is 6.61 Å². The Kier molecular flexibility index (Phi) is 8.17. The van der Waals surface area contributed by atoms with Gasteiger partial charge < -0.3 is 9.47 Å². The summed E-state index contributed by atoms with van der Waals surface area (Å²) in [5, 5.41) is 15.6. The first-order valence-corrected chi connectivity index (χ1v) is 10.1. The number of nitro benzene ring substituents is 1. The number of carbonyl (C=O) groups is 1. The van der Waals surface area contributed by atoms with Crippen molar-refractivity contribution >= 4 is 41.0 Å². The molecule has 0 radical (unpaired) electrons. The fraction of sp³-hybridized carbons (Fsp3) is 0.0909. The highest BCUT2D eigenvalue weighted by Crippen LogP contribution is 2.27. The minimum absolute atomic E-state index is 0.0263. The number of amides is 1. The van der Waals surface area contributed by atoms with Crippen LogP contribution in [0, 0.1) is 15.9 Å². The van der Waals surface area contributed by atoms with Crippen LogP contribution in [0.3, 0.4) is 0 Å². The van der Waals surface area contributed by atoms with Gasteiger partial charge in [-0.2, -0.15) is 5.10 Å². The molecule has 3 aromatic carbocycles. The molecule has 0 bridgehead atoms. The number of hydrogen-bond donors (Lipinski definition) is 1. The van der Waals surface area contributed by atoms with Gasteiger partial charge >= 0.3 is 0 Å². The zero-order valence-corrected chi connectivity index (χ0v) is 18.3. The summed E-state index contributed by atoms with van der Waals surface area (Å²) in [7, 11) is 0. The summed E-state index contributed by atoms with van der Waals surface area (Å²) in [6.45, 7) is -0.352. The fourth-order valence-electron chi connectivity index (χ4n) is 2.61. The van der Waals surface area contributed by atoms with Gasteiger partial charge in [0.1, 0.15) is 23.9 Å². The molecule has 0 saturated carbocycles. The lowest BCUT2D eigenvalue weighted by atomic mass is 10.2. The summed E-state index contributed by atoms with van der Waals surface area (Å²) in [5.41, 5.74) is 2.87. The summed E-state index contributed by atoms with van der Waals surface area (Å²) < 4.78 is 24.3. The molecule has 33 heavy (non-hydrogen) atoms. The highest BCUT2D eigenvalue weighted by atomic mass is 35.5. The minimum atomic E-state index is -0.593. The van der Waals surface area contributed by atoms with E-state index in [1.807, 2.05) is 0 Å². The standard InChI is InChI=1S/C22H16Cl2FN3O5/c23-16-4-6-21(19(24)10-16)33-13-22(29)27-26-11-15-9-18(28(30)31)5-7-20(15)32-12-14-2-1-3-17(25)8-14/h1-11H,12-13H2,(H,27,29). The Morgan fingerprint density at radius 3 is 2.61 bits per heavy atom. The predicted molar refractivity (Wildman–Crippen MR) is 122 cm³/mol. The van der Waals surface area contributed by atoms with Crippen LogP contribution in [0.2, 0.25) is 10.0 Å². The van der Waals surface area contributed by atoms with E-state index in [1.165, 1.54) is 48.7 Å². The van der Waals surface area contributed by atoms with E-state index in [4.69, 9.17) is 32.7 Å². The first-order chi connectivity index (χ1) is 15.8. The number of nitrogens with one attached hydrogen (secondary N) is 1. The molecule has 0 fully saturated rings. The Balaban J connectivity index is 1.65. The molecule has 0 heterocycles. The van der Waals surface area contributed by atoms with Gasteiger partial charge in [-0.15, -0.1) is 0 Å². The van der Waals surface area contributed by atoms with Crippen molar-refractivity contribution in [3.8, 4) is 11.5 Å². The molecule has 0 aliphatic rings. The minimum Gasteiger partial charge on any atom is -0.488 e. The average molecular weight is 492 g/mol. The highest BCUT2D eigenvalue weighted by molar-refractivity contribution is 6.35. The zero-order chi connectivity index (χ0) is 23.8. The molecule has 0 aliphatic carbocycles. The Labute approximate surface area is 197 Å². The molecule has 0 unspecified atom stereocenters. The molecule has 3 aromatic rings. The Bertz CT molecular complexity index is 1210. The number of halogens is 3. The number of rotatable bonds is 9. The van der Waals surface area contributed by atoms with E-state index in [-0.39, 0.29) is 41.0 Å². The number of ether oxygens (including phenoxy) is 2. The van der Waals surface area contributed by atoms with Crippen molar-refractivity contribution in [3.05, 3.63) is 97.8 Å². The number of nitrogens with zero attached hydrogens (tertiary/aromatic N) is 2. The van der Waals surface area contributed by atoms with Crippen molar-refractivity contribution in [3.63, 3.8) is 0 Å². The molecule has 0 aliphatic heterocycles. The summed E-state index contributed by atoms with van der Waals surface area (Å²) in [4.78, 5) is 22.5. The van der Waals surface area contributed by atoms with Crippen LogP contribution in [0.5, 0.6) is 11.5 Å². The first-order valence-electron chi connectivity index (χ1n) is 9.37. The maximum absolute atomic E-state index is 13.4. The monoisotopic (exact) mass is 491 g/mol. The van der Waals surface area contributed by atoms with Crippen molar-refractivity contribution in [2.45, 2.75) is 6.61 Å². The molecule has 3 rings (SSSR count). The Morgan fingerprint density at radius 2 is 1.88 bits per heavy atom. The number of nitro groups is 1. The SMILES string of the molecule is O=C(COc1ccc(Cl)cc1Cl)NN=Cc1cc([N+](=O)[O-])ccc1OCc1cccc(F)c1. The lowest BCUT2D eigenvalue weighted by Gasteiger charge is -2.09. The van der Waals surface area contributed by atoms with E-state index in [9.17, 15) is 19.3 Å². The lowest BCUT2D eigenvalue weighted by Crippen LogP contribution is -2.24. The van der Waals surface area contributed by atoms with Crippen LogP contribution in [0.1, 0.15) is 11.1 Å². The van der Waals surface area contributed by atoms with Crippen LogP contribution in [0.25, 0.3) is 0 Å². The fourth-order valence-corrected chi connectivity index (χ4v) is 3.07. The van der Waals surface area contributed by atoms with Gasteiger partial charge in [-0.05, 0) is 42.0 Å². The summed E-state index contributed by atoms with van der Waals surface area (Å²) in [5.74, 6) is -0.477. The molecular weight excluding hydrogens is 476 g/mol. The lowest BCUT2D eigenvalue weighted by molar-refractivity contribution is -0.384. The molecule has 8 nitrogen and oxygen atoms in total. The van der Waals surface area contributed by atoms with E-state index in [1.54, 1.807) is 18.2 Å². The van der Waals surface area contributed by atoms with Crippen molar-refractivity contribution < 1.29 is 23.6 Å². The van der Waals surface area contributed by atoms with Crippen molar-refractivity contribution in [1.82, 2.24) is 5.43 Å². The average Bonchev–Trinajstić information content (AvgIpc) is 2.77. The van der Waals surface area contributed by atoms with E-state index in [0.717, 1.165) is 0 Å². The Hall–Kier alpha value is -3.69. The molecule has 0 spiro atoms. The molecule has 11 heteroatoms. The van der Waals surface area contributed by atoms with Crippen molar-refractivity contribution in [2.24, 2.45) is 5.10 Å². The van der Waals surface area contributed by atoms with Gasteiger partial charge in [-0.3, -0.25) is 14.9 Å². The normalized spacial score (nSPS) is 10.8. The topological polar surface area (TPSA) is 103 Å². The number of benzene rings is 3. The quantitative estimate of drug-likeness (QED) is 0.253. The van der Waals surface area contributed by atoms with Crippen LogP contribution in [-0.2, 0) is 11.4 Å². The first kappa shape index (κ1) is 24.0. The van der Waals surface area contributed by atoms with Crippen LogP contribution in [-0.4, -0.2) is 23.7 Å². The number of hydrazone groups is 1. The van der Waals surface area contributed by atoms with Gasteiger partial charge in [0.05, 0.1) is 16.2 Å². The number of non-ortho nitro benzene ring substituents is 1. The van der Waals surface area contributed by atoms with Gasteiger partial charge in [0.25, 0.3) is 11.6 Å². The maximum atomic E-state index is 13.4. The molecule has 0 saturated heterocycles. The Morgan fingerprint density at radius 1 is 1.09 bits per heavy atom. The van der Waals surface area contributed by atoms with Crippen LogP contribution in [0.15, 0.2) is 65.8 Å². The van der Waals surface area contributed by atoms with Crippen LogP contribution in [0.4, 0.5) is 10.1 Å². The highest BCUT2D eigenvalue weighted by Gasteiger charge is 2.12. The second-order valence-electron chi connectivity index (χ2n) is 6.55. The van der Waals surface area contributed by atoms with Crippen LogP contribution >= 0.6 is 23.2 Å². The van der Waals surface area contributed by atoms with E-state index < -0.39 is 16.6 Å². The molecule has 170 valence electrons. The third-order valence-electron chi connectivity index (χ3n) is 4.13. The van der Waals surface area contributed by atoms with Gasteiger partial charge in [-0.1, -0.05) is 35.3 Å². The summed E-state index contributed by atoms with van der Waals surface area (Å²) in [6, 6.07) is 14.3. The maximum Gasteiger partial charge on any atom is 0.277 e. The number of hydrogen-bond acceptors (Lipinski definition) is 6. The second-order valence-corrected chi connectivity index (χ2v) is 7.40. The summed E-state index contributed by atoms with van der Waals surface area (Å²) >= 11 is 11.8. The third-order valence-corrected chi connectivity index (χ3v) is 4.66. The molecule has 0 aromatic heterocycles. The van der Waals surface area contributed by atoms with Crippen molar-refractivity contribution in [2.75, 3.05) is 6.61 Å². The molecule has 1 N–H and O–H groups in total. The van der Waals surface area contributed by atoms with E-state index in [2.05, 4.69) is 10.5 Å². The van der Waals surface area contributed by atoms with E-state index >= 15 is 0 Å². The third kappa shape index (κ3) is 7.16. The summed E-state index contributed by atoms with van der Waals surface area (Å²) in [6.07, 6.45) is 1.20. The molecular formula is C22H16Cl2FN3O5. The molecule has 0 atom stereocenters. The smallest absolute Gasteiger partial charge is 0.277 e.